The molecule has 3 aromatic carbocycles. The first-order chi connectivity index (χ1) is 17.5. The number of hydrogen-bond donors (Lipinski definition) is 2. The Kier molecular flexibility index (Phi) is 5.94. The van der Waals surface area contributed by atoms with Gasteiger partial charge in [-0.1, -0.05) is 36.4 Å². The van der Waals surface area contributed by atoms with Gasteiger partial charge in [0.05, 0.1) is 10.5 Å². The van der Waals surface area contributed by atoms with Gasteiger partial charge in [0.15, 0.2) is 0 Å². The number of nitrogens with one attached hydrogen (secondary N) is 1. The summed E-state index contributed by atoms with van der Waals surface area (Å²) in [6, 6.07) is 23.1. The number of nitro benzene ring substituents is 1. The van der Waals surface area contributed by atoms with Crippen LogP contribution in [0.5, 0.6) is 5.75 Å². The van der Waals surface area contributed by atoms with Crippen LogP contribution in [-0.2, 0) is 0 Å². The third kappa shape index (κ3) is 4.53. The van der Waals surface area contributed by atoms with E-state index < -0.39 is 4.92 Å². The summed E-state index contributed by atoms with van der Waals surface area (Å²) in [7, 11) is 0. The van der Waals surface area contributed by atoms with E-state index in [4.69, 9.17) is 4.42 Å². The lowest BCUT2D eigenvalue weighted by atomic mass is 10.0. The number of anilines is 1. The van der Waals surface area contributed by atoms with Crippen LogP contribution >= 0.6 is 0 Å². The number of nitro groups is 1. The van der Waals surface area contributed by atoms with Gasteiger partial charge in [-0.05, 0) is 47.5 Å². The molecule has 0 unspecified atom stereocenters. The normalized spacial score (nSPS) is 10.7. The molecule has 176 valence electrons. The number of oxazole rings is 1. The first-order valence-electron chi connectivity index (χ1n) is 10.9. The Balaban J connectivity index is 1.53. The van der Waals surface area contributed by atoms with E-state index in [9.17, 15) is 20.0 Å². The fourth-order valence-corrected chi connectivity index (χ4v) is 3.67. The Labute approximate surface area is 204 Å². The molecule has 0 saturated heterocycles. The van der Waals surface area contributed by atoms with Crippen LogP contribution in [0.4, 0.5) is 11.6 Å². The number of nitrogens with zero attached hydrogens (tertiary/aromatic N) is 3. The van der Waals surface area contributed by atoms with Crippen molar-refractivity contribution in [1.29, 1.82) is 0 Å². The van der Waals surface area contributed by atoms with E-state index in [2.05, 4.69) is 15.3 Å². The smallest absolute Gasteiger partial charge is 0.270 e. The number of aromatic hydroxyl groups is 1. The van der Waals surface area contributed by atoms with Crippen molar-refractivity contribution < 1.29 is 19.2 Å². The maximum atomic E-state index is 12.8. The molecule has 36 heavy (non-hydrogen) atoms. The average Bonchev–Trinajstić information content (AvgIpc) is 3.33. The highest BCUT2D eigenvalue weighted by atomic mass is 16.6. The zero-order valence-electron chi connectivity index (χ0n) is 18.7. The second kappa shape index (κ2) is 9.51. The zero-order valence-corrected chi connectivity index (χ0v) is 18.7. The maximum Gasteiger partial charge on any atom is 0.270 e. The van der Waals surface area contributed by atoms with Gasteiger partial charge in [-0.25, -0.2) is 4.98 Å². The van der Waals surface area contributed by atoms with Gasteiger partial charge in [-0.15, -0.1) is 0 Å². The Morgan fingerprint density at radius 3 is 2.42 bits per heavy atom. The van der Waals surface area contributed by atoms with E-state index in [0.29, 0.717) is 27.9 Å². The molecule has 5 aromatic rings. The minimum Gasteiger partial charge on any atom is -0.507 e. The number of non-ortho nitro benzene ring substituents is 1. The third-order valence-electron chi connectivity index (χ3n) is 5.44. The number of phenolic OH excluding ortho intramolecular Hbond substituents is 1. The van der Waals surface area contributed by atoms with Crippen LogP contribution in [0.2, 0.25) is 0 Å². The van der Waals surface area contributed by atoms with Crippen molar-refractivity contribution in [3.63, 3.8) is 0 Å². The SMILES string of the molecule is O=C(Nc1oc(-c2ccc(-c3cccc([N+](=O)[O-])c3)cc2O)nc1-c1cccnc1)c1ccccc1. The molecular formula is C27H18N4O5. The van der Waals surface area contributed by atoms with Gasteiger partial charge in [0, 0.05) is 35.7 Å². The first kappa shape index (κ1) is 22.5. The Bertz CT molecular complexity index is 1570. The number of amides is 1. The van der Waals surface area contributed by atoms with Crippen molar-refractivity contribution in [2.45, 2.75) is 0 Å². The van der Waals surface area contributed by atoms with Gasteiger partial charge in [0.2, 0.25) is 11.8 Å². The molecule has 5 rings (SSSR count). The van der Waals surface area contributed by atoms with Gasteiger partial charge in [-0.2, -0.15) is 0 Å². The van der Waals surface area contributed by atoms with Crippen LogP contribution < -0.4 is 5.32 Å². The lowest BCUT2D eigenvalue weighted by molar-refractivity contribution is -0.384. The molecular weight excluding hydrogens is 460 g/mol. The van der Waals surface area contributed by atoms with Crippen LogP contribution in [0, 0.1) is 10.1 Å². The number of carbonyl (C=O) groups is 1. The number of phenols is 1. The molecule has 0 spiro atoms. The van der Waals surface area contributed by atoms with Crippen LogP contribution in [-0.4, -0.2) is 25.9 Å². The molecule has 0 radical (unpaired) electrons. The highest BCUT2D eigenvalue weighted by Crippen LogP contribution is 2.38. The van der Waals surface area contributed by atoms with Gasteiger partial charge >= 0.3 is 0 Å². The number of benzene rings is 3. The van der Waals surface area contributed by atoms with Crippen molar-refractivity contribution in [2.24, 2.45) is 0 Å². The van der Waals surface area contributed by atoms with Gasteiger partial charge < -0.3 is 9.52 Å². The minimum absolute atomic E-state index is 0.0521. The largest absolute Gasteiger partial charge is 0.507 e. The summed E-state index contributed by atoms with van der Waals surface area (Å²) in [5.41, 5.74) is 2.80. The molecule has 2 heterocycles. The first-order valence-corrected chi connectivity index (χ1v) is 10.9. The molecule has 1 amide bonds. The Morgan fingerprint density at radius 2 is 1.69 bits per heavy atom. The third-order valence-corrected chi connectivity index (χ3v) is 5.44. The van der Waals surface area contributed by atoms with E-state index in [0.717, 1.165) is 0 Å². The summed E-state index contributed by atoms with van der Waals surface area (Å²) in [6.07, 6.45) is 3.20. The average molecular weight is 478 g/mol. The zero-order chi connectivity index (χ0) is 25.1. The van der Waals surface area contributed by atoms with E-state index in [-0.39, 0.29) is 34.7 Å². The van der Waals surface area contributed by atoms with Gasteiger partial charge in [0.1, 0.15) is 11.4 Å². The van der Waals surface area contributed by atoms with Crippen molar-refractivity contribution in [3.8, 4) is 39.6 Å². The van der Waals surface area contributed by atoms with Crippen molar-refractivity contribution in [1.82, 2.24) is 9.97 Å². The van der Waals surface area contributed by atoms with Gasteiger partial charge in [-0.3, -0.25) is 25.2 Å². The summed E-state index contributed by atoms with van der Waals surface area (Å²) in [4.78, 5) is 32.0. The molecule has 2 N–H and O–H groups in total. The van der Waals surface area contributed by atoms with Crippen LogP contribution in [0.1, 0.15) is 10.4 Å². The Morgan fingerprint density at radius 1 is 0.917 bits per heavy atom. The van der Waals surface area contributed by atoms with E-state index in [1.165, 1.54) is 18.2 Å². The fourth-order valence-electron chi connectivity index (χ4n) is 3.67. The second-order valence-corrected chi connectivity index (χ2v) is 7.80. The van der Waals surface area contributed by atoms with Crippen molar-refractivity contribution >= 4 is 17.5 Å². The topological polar surface area (TPSA) is 131 Å². The van der Waals surface area contributed by atoms with Crippen molar-refractivity contribution in [3.05, 3.63) is 113 Å². The molecule has 0 aliphatic carbocycles. The van der Waals surface area contributed by atoms with E-state index in [1.54, 1.807) is 73.1 Å². The standard InChI is InChI=1S/C27H18N4O5/c32-23-15-19(18-8-4-10-21(14-18)31(34)35)11-12-22(23)26-29-24(20-9-5-13-28-16-20)27(36-26)30-25(33)17-6-2-1-3-7-17/h1-16,32H,(H,30,33). The predicted molar refractivity (Wildman–Crippen MR) is 133 cm³/mol. The van der Waals surface area contributed by atoms with E-state index >= 15 is 0 Å². The fraction of sp³-hybridized carbons (Fsp3) is 0. The molecule has 0 aliphatic rings. The molecule has 0 atom stereocenters. The number of aromatic nitrogens is 2. The lowest BCUT2D eigenvalue weighted by Gasteiger charge is -2.06. The summed E-state index contributed by atoms with van der Waals surface area (Å²) < 4.78 is 5.90. The number of pyridine rings is 1. The quantitative estimate of drug-likeness (QED) is 0.228. The van der Waals surface area contributed by atoms with E-state index in [1.807, 2.05) is 6.07 Å². The number of carbonyl (C=O) groups excluding carboxylic acids is 1. The maximum absolute atomic E-state index is 12.8. The van der Waals surface area contributed by atoms with Crippen LogP contribution in [0.3, 0.4) is 0 Å². The molecule has 9 nitrogen and oxygen atoms in total. The summed E-state index contributed by atoms with van der Waals surface area (Å²) >= 11 is 0. The minimum atomic E-state index is -0.476. The molecule has 0 aliphatic heterocycles. The number of rotatable bonds is 6. The monoisotopic (exact) mass is 478 g/mol. The Hall–Kier alpha value is -5.31. The second-order valence-electron chi connectivity index (χ2n) is 7.80. The lowest BCUT2D eigenvalue weighted by Crippen LogP contribution is -2.11. The molecule has 2 aromatic heterocycles. The summed E-state index contributed by atoms with van der Waals surface area (Å²) in [5, 5.41) is 24.6. The van der Waals surface area contributed by atoms with Gasteiger partial charge in [0.25, 0.3) is 11.6 Å². The highest BCUT2D eigenvalue weighted by molar-refractivity contribution is 6.05. The summed E-state index contributed by atoms with van der Waals surface area (Å²) in [5.74, 6) is -0.332. The molecule has 0 saturated carbocycles. The molecule has 9 heteroatoms. The van der Waals surface area contributed by atoms with Crippen LogP contribution in [0.25, 0.3) is 33.8 Å². The predicted octanol–water partition coefficient (Wildman–Crippen LogP) is 5.94. The molecule has 0 fully saturated rings. The molecule has 0 bridgehead atoms. The van der Waals surface area contributed by atoms with Crippen molar-refractivity contribution in [2.75, 3.05) is 5.32 Å². The summed E-state index contributed by atoms with van der Waals surface area (Å²) in [6.45, 7) is 0. The van der Waals surface area contributed by atoms with Crippen LogP contribution in [0.15, 0.2) is 102 Å². The highest BCUT2D eigenvalue weighted by Gasteiger charge is 2.21. The number of hydrogen-bond acceptors (Lipinski definition) is 7.